The normalized spacial score (nSPS) is 11.3. The summed E-state index contributed by atoms with van der Waals surface area (Å²) in [6, 6.07) is 0. The largest absolute Gasteiger partial charge is 0.312 e. The van der Waals surface area contributed by atoms with Gasteiger partial charge in [0, 0.05) is 22.7 Å². The van der Waals surface area contributed by atoms with Crippen molar-refractivity contribution in [3.63, 3.8) is 0 Å². The molecule has 9 heteroatoms. The molecule has 0 atom stereocenters. The molecule has 2 N–H and O–H groups in total. The second kappa shape index (κ2) is 6.38. The van der Waals surface area contributed by atoms with Gasteiger partial charge in [0.25, 0.3) is 0 Å². The number of nitrogens with one attached hydrogen (secondary N) is 2. The van der Waals surface area contributed by atoms with Gasteiger partial charge in [-0.3, -0.25) is 14.9 Å². The van der Waals surface area contributed by atoms with Gasteiger partial charge in [0.05, 0.1) is 34.8 Å². The number of aromatic nitrogens is 5. The summed E-state index contributed by atoms with van der Waals surface area (Å²) < 4.78 is 16.6. The molecule has 4 aromatic rings. The van der Waals surface area contributed by atoms with Crippen molar-refractivity contribution in [3.05, 3.63) is 41.2 Å². The Morgan fingerprint density at radius 3 is 3.00 bits per heavy atom. The van der Waals surface area contributed by atoms with Crippen molar-refractivity contribution in [2.75, 3.05) is 5.32 Å². The van der Waals surface area contributed by atoms with Crippen molar-refractivity contribution < 1.29 is 9.18 Å². The minimum Gasteiger partial charge on any atom is -0.312 e. The molecule has 0 spiro atoms. The number of nitrogens with zero attached hydrogens (tertiary/aromatic N) is 4. The Balaban J connectivity index is 1.95. The number of benzene rings is 1. The van der Waals surface area contributed by atoms with Crippen LogP contribution in [-0.4, -0.2) is 31.0 Å². The third-order valence-corrected chi connectivity index (χ3v) is 4.55. The quantitative estimate of drug-likeness (QED) is 0.524. The molecule has 0 saturated heterocycles. The molecule has 0 bridgehead atoms. The Labute approximate surface area is 152 Å². The molecule has 0 aliphatic carbocycles. The Morgan fingerprint density at radius 1 is 1.38 bits per heavy atom. The highest BCUT2D eigenvalue weighted by Gasteiger charge is 2.21. The lowest BCUT2D eigenvalue weighted by Crippen LogP contribution is -1.98. The van der Waals surface area contributed by atoms with Crippen LogP contribution in [-0.2, 0) is 11.2 Å². The highest BCUT2D eigenvalue weighted by Crippen LogP contribution is 2.38. The van der Waals surface area contributed by atoms with Gasteiger partial charge in [-0.1, -0.05) is 24.9 Å². The molecule has 0 aliphatic heterocycles. The first-order chi connectivity index (χ1) is 12.6. The summed E-state index contributed by atoms with van der Waals surface area (Å²) in [4.78, 5) is 19.1. The van der Waals surface area contributed by atoms with Crippen LogP contribution in [0.5, 0.6) is 0 Å². The van der Waals surface area contributed by atoms with Gasteiger partial charge in [-0.25, -0.2) is 9.37 Å². The third kappa shape index (κ3) is 2.50. The van der Waals surface area contributed by atoms with Gasteiger partial charge >= 0.3 is 0 Å². The lowest BCUT2D eigenvalue weighted by Gasteiger charge is -2.11. The summed E-state index contributed by atoms with van der Waals surface area (Å²) in [5, 5.41) is 10.1. The number of fused-ring (bicyclic) bond motifs is 2. The van der Waals surface area contributed by atoms with Crippen LogP contribution in [0.15, 0.2) is 24.8 Å². The summed E-state index contributed by atoms with van der Waals surface area (Å²) in [6.45, 7) is 1.98. The molecule has 132 valence electrons. The third-order valence-electron chi connectivity index (χ3n) is 4.19. The van der Waals surface area contributed by atoms with E-state index in [1.54, 1.807) is 23.0 Å². The van der Waals surface area contributed by atoms with Crippen molar-refractivity contribution in [3.8, 4) is 11.3 Å². The second-order valence-corrected chi connectivity index (χ2v) is 6.19. The number of hydrogen-bond acceptors (Lipinski definition) is 4. The highest BCUT2D eigenvalue weighted by atomic mass is 35.5. The molecular weight excluding hydrogens is 359 g/mol. The molecule has 0 saturated carbocycles. The summed E-state index contributed by atoms with van der Waals surface area (Å²) in [5.74, 6) is -0.0703. The van der Waals surface area contributed by atoms with Crippen LogP contribution in [0, 0.1) is 5.82 Å². The van der Waals surface area contributed by atoms with Crippen LogP contribution in [0.4, 0.5) is 10.2 Å². The number of carbonyl (C=O) groups is 1. The fourth-order valence-corrected chi connectivity index (χ4v) is 3.38. The van der Waals surface area contributed by atoms with Crippen molar-refractivity contribution in [1.82, 2.24) is 24.6 Å². The number of halogens is 2. The van der Waals surface area contributed by atoms with Crippen LogP contribution in [0.2, 0.25) is 5.02 Å². The highest BCUT2D eigenvalue weighted by molar-refractivity contribution is 6.35. The number of hydrogen-bond donors (Lipinski definition) is 2. The first-order valence-electron chi connectivity index (χ1n) is 8.02. The van der Waals surface area contributed by atoms with Gasteiger partial charge in [0.2, 0.25) is 6.41 Å². The average Bonchev–Trinajstić information content (AvgIpc) is 3.25. The molecule has 0 radical (unpaired) electrons. The maximum atomic E-state index is 14.9. The first-order valence-corrected chi connectivity index (χ1v) is 8.40. The van der Waals surface area contributed by atoms with Gasteiger partial charge in [-0.2, -0.15) is 5.10 Å². The number of aryl methyl sites for hydroxylation is 1. The van der Waals surface area contributed by atoms with Gasteiger partial charge in [-0.05, 0) is 6.42 Å². The molecule has 7 nitrogen and oxygen atoms in total. The maximum absolute atomic E-state index is 14.9. The van der Waals surface area contributed by atoms with Crippen molar-refractivity contribution in [2.45, 2.75) is 19.8 Å². The summed E-state index contributed by atoms with van der Waals surface area (Å²) in [5.41, 5.74) is 2.63. The second-order valence-electron chi connectivity index (χ2n) is 5.82. The van der Waals surface area contributed by atoms with Crippen LogP contribution >= 0.6 is 11.6 Å². The van der Waals surface area contributed by atoms with E-state index in [1.165, 1.54) is 6.20 Å². The van der Waals surface area contributed by atoms with Gasteiger partial charge in [0.1, 0.15) is 5.82 Å². The molecule has 1 amide bonds. The smallest absolute Gasteiger partial charge is 0.212 e. The van der Waals surface area contributed by atoms with Crippen LogP contribution in [0.1, 0.15) is 18.9 Å². The molecule has 26 heavy (non-hydrogen) atoms. The van der Waals surface area contributed by atoms with E-state index < -0.39 is 5.82 Å². The lowest BCUT2D eigenvalue weighted by atomic mass is 10.00. The maximum Gasteiger partial charge on any atom is 0.212 e. The fraction of sp³-hybridized carbons (Fsp3) is 0.176. The number of aromatic amines is 1. The summed E-state index contributed by atoms with van der Waals surface area (Å²) >= 11 is 6.37. The zero-order chi connectivity index (χ0) is 18.3. The predicted molar refractivity (Wildman–Crippen MR) is 96.7 cm³/mol. The standard InChI is InChI=1S/C17H14ClFN6O/c1-2-3-9-16(19)15(18)14(10-4-22-24-17(9)10)11-6-25-7-12(21-8-26)23-13(25)5-20-11/h4-8H,2-3H2,1H3,(H,21,26)(H,22,24). The van der Waals surface area contributed by atoms with Gasteiger partial charge < -0.3 is 9.72 Å². The minimum absolute atomic E-state index is 0.0144. The number of anilines is 1. The molecule has 3 aromatic heterocycles. The van der Waals surface area contributed by atoms with E-state index in [9.17, 15) is 9.18 Å². The van der Waals surface area contributed by atoms with Crippen molar-refractivity contribution >= 4 is 40.4 Å². The van der Waals surface area contributed by atoms with E-state index in [2.05, 4.69) is 25.5 Å². The molecule has 0 aliphatic rings. The zero-order valence-corrected chi connectivity index (χ0v) is 14.5. The number of amides is 1. The Morgan fingerprint density at radius 2 is 2.23 bits per heavy atom. The molecule has 4 rings (SSSR count). The molecule has 0 unspecified atom stereocenters. The molecular formula is C17H14ClFN6O. The minimum atomic E-state index is -0.462. The molecule has 1 aromatic carbocycles. The molecule has 3 heterocycles. The summed E-state index contributed by atoms with van der Waals surface area (Å²) in [7, 11) is 0. The number of rotatable bonds is 5. The number of carbonyl (C=O) groups excluding carboxylic acids is 1. The predicted octanol–water partition coefficient (Wildman–Crippen LogP) is 3.59. The monoisotopic (exact) mass is 372 g/mol. The zero-order valence-electron chi connectivity index (χ0n) is 13.8. The van der Waals surface area contributed by atoms with E-state index in [1.807, 2.05) is 6.92 Å². The van der Waals surface area contributed by atoms with Crippen LogP contribution < -0.4 is 5.32 Å². The van der Waals surface area contributed by atoms with Crippen molar-refractivity contribution in [1.29, 1.82) is 0 Å². The SMILES string of the molecule is CCCc1c(F)c(Cl)c(-c2cn3cc(NC=O)nc3cn2)c2cn[nH]c12. The molecule has 0 fully saturated rings. The Kier molecular flexibility index (Phi) is 4.04. The average molecular weight is 373 g/mol. The van der Waals surface area contributed by atoms with Gasteiger partial charge in [-0.15, -0.1) is 0 Å². The Hall–Kier alpha value is -3.00. The number of H-pyrrole nitrogens is 1. The lowest BCUT2D eigenvalue weighted by molar-refractivity contribution is -0.105. The fourth-order valence-electron chi connectivity index (χ4n) is 3.07. The van der Waals surface area contributed by atoms with E-state index in [4.69, 9.17) is 11.6 Å². The summed E-state index contributed by atoms with van der Waals surface area (Å²) in [6.07, 6.45) is 8.36. The van der Waals surface area contributed by atoms with Crippen molar-refractivity contribution in [2.24, 2.45) is 0 Å². The van der Waals surface area contributed by atoms with E-state index >= 15 is 0 Å². The topological polar surface area (TPSA) is 88.0 Å². The van der Waals surface area contributed by atoms with Gasteiger partial charge in [0.15, 0.2) is 11.5 Å². The Bertz CT molecular complexity index is 1140. The van der Waals surface area contributed by atoms with Crippen LogP contribution in [0.3, 0.4) is 0 Å². The van der Waals surface area contributed by atoms with E-state index in [0.717, 1.165) is 6.42 Å². The van der Waals surface area contributed by atoms with E-state index in [0.29, 0.717) is 52.0 Å². The number of imidazole rings is 1. The van der Waals surface area contributed by atoms with E-state index in [-0.39, 0.29) is 5.02 Å². The van der Waals surface area contributed by atoms with Crippen LogP contribution in [0.25, 0.3) is 27.8 Å². The first kappa shape index (κ1) is 16.5.